The van der Waals surface area contributed by atoms with E-state index in [2.05, 4.69) is 15.4 Å². The lowest BCUT2D eigenvalue weighted by Crippen LogP contribution is -2.14. The van der Waals surface area contributed by atoms with Gasteiger partial charge in [0.2, 0.25) is 0 Å². The van der Waals surface area contributed by atoms with Crippen molar-refractivity contribution in [3.8, 4) is 0 Å². The first-order valence-corrected chi connectivity index (χ1v) is 8.83. The molecule has 0 unspecified atom stereocenters. The van der Waals surface area contributed by atoms with Crippen LogP contribution in [0.4, 0.5) is 15.9 Å². The van der Waals surface area contributed by atoms with Crippen LogP contribution in [-0.2, 0) is 0 Å². The first-order valence-electron chi connectivity index (χ1n) is 8.45. The van der Waals surface area contributed by atoms with Crippen molar-refractivity contribution in [3.05, 3.63) is 51.7 Å². The summed E-state index contributed by atoms with van der Waals surface area (Å²) in [5.74, 6) is -0.0826. The Kier molecular flexibility index (Phi) is 4.21. The Morgan fingerprint density at radius 2 is 2.04 bits per heavy atom. The number of hydrogen-bond donors (Lipinski definition) is 2. The summed E-state index contributed by atoms with van der Waals surface area (Å²) in [5, 5.41) is 8.26. The normalized spacial score (nSPS) is 15.6. The molecule has 2 N–H and O–H groups in total. The number of rotatable bonds is 3. The van der Waals surface area contributed by atoms with E-state index >= 15 is 0 Å². The maximum atomic E-state index is 13.7. The van der Waals surface area contributed by atoms with Crippen LogP contribution in [0.5, 0.6) is 0 Å². The van der Waals surface area contributed by atoms with Crippen LogP contribution in [0.15, 0.2) is 35.3 Å². The first-order chi connectivity index (χ1) is 12.1. The maximum Gasteiger partial charge on any atom is 0.261 e. The Bertz CT molecular complexity index is 975. The predicted octanol–water partition coefficient (Wildman–Crippen LogP) is 4.77. The number of aromatic amines is 1. The van der Waals surface area contributed by atoms with Gasteiger partial charge in [-0.3, -0.25) is 9.48 Å². The van der Waals surface area contributed by atoms with Gasteiger partial charge in [-0.1, -0.05) is 30.9 Å². The summed E-state index contributed by atoms with van der Waals surface area (Å²) in [5.41, 5.74) is 1.09. The fourth-order valence-electron chi connectivity index (χ4n) is 3.50. The van der Waals surface area contributed by atoms with E-state index in [4.69, 9.17) is 11.6 Å². The van der Waals surface area contributed by atoms with Gasteiger partial charge >= 0.3 is 0 Å². The lowest BCUT2D eigenvalue weighted by atomic mass is 9.95. The average Bonchev–Trinajstić information content (AvgIpc) is 2.99. The predicted molar refractivity (Wildman–Crippen MR) is 97.2 cm³/mol. The zero-order valence-corrected chi connectivity index (χ0v) is 14.3. The van der Waals surface area contributed by atoms with Gasteiger partial charge in [-0.15, -0.1) is 0 Å². The Labute approximate surface area is 148 Å². The van der Waals surface area contributed by atoms with Crippen molar-refractivity contribution >= 4 is 34.0 Å². The third-order valence-corrected chi connectivity index (χ3v) is 5.04. The molecule has 0 amide bonds. The molecule has 0 aliphatic heterocycles. The molecule has 1 aliphatic rings. The van der Waals surface area contributed by atoms with E-state index in [1.165, 1.54) is 31.4 Å². The topological polar surface area (TPSA) is 62.7 Å². The van der Waals surface area contributed by atoms with Gasteiger partial charge < -0.3 is 10.3 Å². The molecule has 1 fully saturated rings. The van der Waals surface area contributed by atoms with Crippen LogP contribution < -0.4 is 10.9 Å². The van der Waals surface area contributed by atoms with Crippen LogP contribution in [-0.4, -0.2) is 14.8 Å². The van der Waals surface area contributed by atoms with E-state index in [1.807, 2.05) is 10.7 Å². The Balaban J connectivity index is 1.80. The van der Waals surface area contributed by atoms with Gasteiger partial charge in [-0.05, 0) is 37.1 Å². The van der Waals surface area contributed by atoms with Crippen LogP contribution in [0.1, 0.15) is 38.1 Å². The zero-order chi connectivity index (χ0) is 17.4. The lowest BCUT2D eigenvalue weighted by molar-refractivity contribution is 0.338. The Morgan fingerprint density at radius 1 is 1.24 bits per heavy atom. The van der Waals surface area contributed by atoms with Crippen LogP contribution in [0.2, 0.25) is 5.02 Å². The Morgan fingerprint density at radius 3 is 2.80 bits per heavy atom. The van der Waals surface area contributed by atoms with Crippen LogP contribution in [0, 0.1) is 5.82 Å². The number of aromatic nitrogens is 3. The zero-order valence-electron chi connectivity index (χ0n) is 13.6. The van der Waals surface area contributed by atoms with Crippen molar-refractivity contribution in [2.24, 2.45) is 0 Å². The molecule has 2 aromatic heterocycles. The maximum absolute atomic E-state index is 13.7. The largest absolute Gasteiger partial charge is 0.338 e. The number of H-pyrrole nitrogens is 1. The van der Waals surface area contributed by atoms with Crippen molar-refractivity contribution in [2.75, 3.05) is 5.32 Å². The number of nitrogens with one attached hydrogen (secondary N) is 2. The van der Waals surface area contributed by atoms with E-state index < -0.39 is 5.82 Å². The van der Waals surface area contributed by atoms with Gasteiger partial charge in [-0.25, -0.2) is 4.39 Å². The molecule has 1 aliphatic carbocycles. The van der Waals surface area contributed by atoms with Gasteiger partial charge in [0.25, 0.3) is 5.56 Å². The van der Waals surface area contributed by atoms with E-state index in [1.54, 1.807) is 12.3 Å². The highest BCUT2D eigenvalue weighted by Gasteiger charge is 2.22. The molecule has 1 saturated carbocycles. The summed E-state index contributed by atoms with van der Waals surface area (Å²) in [6, 6.07) is 6.59. The molecule has 1 aromatic carbocycles. The molecule has 130 valence electrons. The van der Waals surface area contributed by atoms with Gasteiger partial charge in [0.15, 0.2) is 5.82 Å². The monoisotopic (exact) mass is 360 g/mol. The second-order valence-electron chi connectivity index (χ2n) is 6.41. The summed E-state index contributed by atoms with van der Waals surface area (Å²) >= 11 is 5.73. The number of pyridine rings is 1. The number of anilines is 2. The number of nitrogens with zero attached hydrogens (tertiary/aromatic N) is 2. The lowest BCUT2D eigenvalue weighted by Gasteiger charge is -2.22. The number of benzene rings is 1. The highest BCUT2D eigenvalue weighted by Crippen LogP contribution is 2.33. The number of fused-ring (bicyclic) bond motifs is 1. The molecule has 2 heterocycles. The molecule has 3 aromatic rings. The van der Waals surface area contributed by atoms with Crippen molar-refractivity contribution in [2.45, 2.75) is 38.1 Å². The molecule has 0 radical (unpaired) electrons. The third kappa shape index (κ3) is 3.02. The summed E-state index contributed by atoms with van der Waals surface area (Å²) in [6.45, 7) is 0. The average molecular weight is 361 g/mol. The summed E-state index contributed by atoms with van der Waals surface area (Å²) < 4.78 is 15.6. The van der Waals surface area contributed by atoms with Crippen molar-refractivity contribution in [1.29, 1.82) is 0 Å². The molecule has 4 rings (SSSR count). The quantitative estimate of drug-likeness (QED) is 0.707. The van der Waals surface area contributed by atoms with Crippen LogP contribution in [0.25, 0.3) is 10.9 Å². The SMILES string of the molecule is O=c1[nH]ccc2c1c(Nc1ccc(Cl)c(F)c1)nn2C1CCCCC1. The second-order valence-corrected chi connectivity index (χ2v) is 6.81. The summed E-state index contributed by atoms with van der Waals surface area (Å²) in [4.78, 5) is 15.1. The molecule has 0 spiro atoms. The minimum Gasteiger partial charge on any atom is -0.338 e. The van der Waals surface area contributed by atoms with E-state index in [9.17, 15) is 9.18 Å². The fraction of sp³-hybridized carbons (Fsp3) is 0.333. The molecule has 25 heavy (non-hydrogen) atoms. The Hall–Kier alpha value is -2.34. The highest BCUT2D eigenvalue weighted by molar-refractivity contribution is 6.30. The molecule has 7 heteroatoms. The number of hydrogen-bond acceptors (Lipinski definition) is 3. The first kappa shape index (κ1) is 16.1. The van der Waals surface area contributed by atoms with Crippen molar-refractivity contribution < 1.29 is 4.39 Å². The van der Waals surface area contributed by atoms with Gasteiger partial charge in [0.1, 0.15) is 11.2 Å². The summed E-state index contributed by atoms with van der Waals surface area (Å²) in [7, 11) is 0. The van der Waals surface area contributed by atoms with Gasteiger partial charge in [0.05, 0.1) is 16.6 Å². The summed E-state index contributed by atoms with van der Waals surface area (Å²) in [6.07, 6.45) is 7.32. The van der Waals surface area contributed by atoms with Crippen molar-refractivity contribution in [1.82, 2.24) is 14.8 Å². The number of halogens is 2. The minimum absolute atomic E-state index is 0.0565. The molecular formula is C18H18ClFN4O. The van der Waals surface area contributed by atoms with Crippen LogP contribution >= 0.6 is 11.6 Å². The third-order valence-electron chi connectivity index (χ3n) is 4.73. The standard InChI is InChI=1S/C18H18ClFN4O/c19-13-7-6-11(10-14(13)20)22-17-16-15(8-9-21-18(16)25)24(23-17)12-4-2-1-3-5-12/h6-10,12H,1-5H2,(H,21,25)(H,22,23). The fourth-order valence-corrected chi connectivity index (χ4v) is 3.62. The highest BCUT2D eigenvalue weighted by atomic mass is 35.5. The molecule has 5 nitrogen and oxygen atoms in total. The van der Waals surface area contributed by atoms with Gasteiger partial charge in [0, 0.05) is 11.9 Å². The second kappa shape index (κ2) is 6.52. The minimum atomic E-state index is -0.517. The van der Waals surface area contributed by atoms with Gasteiger partial charge in [-0.2, -0.15) is 5.10 Å². The van der Waals surface area contributed by atoms with Crippen LogP contribution in [0.3, 0.4) is 0 Å². The van der Waals surface area contributed by atoms with E-state index in [0.717, 1.165) is 18.4 Å². The smallest absolute Gasteiger partial charge is 0.261 e. The molecule has 0 atom stereocenters. The van der Waals surface area contributed by atoms with Crippen molar-refractivity contribution in [3.63, 3.8) is 0 Å². The molecule has 0 bridgehead atoms. The van der Waals surface area contributed by atoms with E-state index in [0.29, 0.717) is 16.9 Å². The van der Waals surface area contributed by atoms with E-state index in [-0.39, 0.29) is 16.6 Å². The molecule has 0 saturated heterocycles. The molecular weight excluding hydrogens is 343 g/mol.